The third-order valence-electron chi connectivity index (χ3n) is 2.99. The number of rotatable bonds is 3. The molecule has 0 aliphatic carbocycles. The molecule has 2 N–H and O–H groups in total. The van der Waals surface area contributed by atoms with Crippen molar-refractivity contribution < 1.29 is 14.3 Å². The summed E-state index contributed by atoms with van der Waals surface area (Å²) in [5.74, 6) is -1.27. The van der Waals surface area contributed by atoms with Crippen molar-refractivity contribution in [2.75, 3.05) is 0 Å². The van der Waals surface area contributed by atoms with E-state index in [9.17, 15) is 9.18 Å². The van der Waals surface area contributed by atoms with Crippen LogP contribution in [-0.2, 0) is 10.2 Å². The number of carboxylic acids is 1. The fourth-order valence-electron chi connectivity index (χ4n) is 2.09. The van der Waals surface area contributed by atoms with E-state index in [-0.39, 0.29) is 12.2 Å². The van der Waals surface area contributed by atoms with Crippen molar-refractivity contribution in [2.45, 2.75) is 25.7 Å². The van der Waals surface area contributed by atoms with E-state index in [4.69, 9.17) is 5.11 Å². The zero-order valence-corrected chi connectivity index (χ0v) is 9.75. The van der Waals surface area contributed by atoms with Gasteiger partial charge in [-0.2, -0.15) is 0 Å². The number of aromatic nitrogens is 1. The second kappa shape index (κ2) is 3.87. The SMILES string of the molecule is CC(C)(CC(=O)O)c1ccc2[nH]ccc2c1F. The molecule has 2 aromatic rings. The molecule has 4 heteroatoms. The van der Waals surface area contributed by atoms with E-state index in [2.05, 4.69) is 4.98 Å². The average Bonchev–Trinajstić information content (AvgIpc) is 2.64. The first-order chi connectivity index (χ1) is 7.92. The van der Waals surface area contributed by atoms with Gasteiger partial charge in [-0.15, -0.1) is 0 Å². The minimum Gasteiger partial charge on any atom is -0.481 e. The molecule has 0 saturated carbocycles. The third kappa shape index (κ3) is 2.02. The highest BCUT2D eigenvalue weighted by Gasteiger charge is 2.28. The number of hydrogen-bond donors (Lipinski definition) is 2. The summed E-state index contributed by atoms with van der Waals surface area (Å²) in [5, 5.41) is 9.35. The van der Waals surface area contributed by atoms with Crippen molar-refractivity contribution in [1.82, 2.24) is 4.98 Å². The van der Waals surface area contributed by atoms with E-state index in [1.54, 1.807) is 38.2 Å². The molecular formula is C13H14FNO2. The van der Waals surface area contributed by atoms with Gasteiger partial charge in [0.1, 0.15) is 5.82 Å². The fraction of sp³-hybridized carbons (Fsp3) is 0.308. The maximum atomic E-state index is 14.2. The van der Waals surface area contributed by atoms with Gasteiger partial charge in [-0.3, -0.25) is 4.79 Å². The Kier molecular flexibility index (Phi) is 2.65. The van der Waals surface area contributed by atoms with Gasteiger partial charge in [0.25, 0.3) is 0 Å². The van der Waals surface area contributed by atoms with Crippen molar-refractivity contribution in [3.05, 3.63) is 35.8 Å². The van der Waals surface area contributed by atoms with Crippen LogP contribution in [0.3, 0.4) is 0 Å². The number of fused-ring (bicyclic) bond motifs is 1. The van der Waals surface area contributed by atoms with E-state index in [1.807, 2.05) is 0 Å². The first-order valence-electron chi connectivity index (χ1n) is 5.40. The molecule has 0 fully saturated rings. The third-order valence-corrected chi connectivity index (χ3v) is 2.99. The van der Waals surface area contributed by atoms with Crippen molar-refractivity contribution >= 4 is 16.9 Å². The summed E-state index contributed by atoms with van der Waals surface area (Å²) in [7, 11) is 0. The number of hydrogen-bond acceptors (Lipinski definition) is 1. The first kappa shape index (κ1) is 11.6. The Hall–Kier alpha value is -1.84. The maximum absolute atomic E-state index is 14.2. The smallest absolute Gasteiger partial charge is 0.304 e. The lowest BCUT2D eigenvalue weighted by Gasteiger charge is -2.23. The molecule has 1 heterocycles. The standard InChI is InChI=1S/C13H14FNO2/c1-13(2,7-11(16)17)9-3-4-10-8(12(9)14)5-6-15-10/h3-6,15H,7H2,1-2H3,(H,16,17). The number of halogens is 1. The van der Waals surface area contributed by atoms with Gasteiger partial charge in [-0.25, -0.2) is 4.39 Å². The highest BCUT2D eigenvalue weighted by Crippen LogP contribution is 2.32. The summed E-state index contributed by atoms with van der Waals surface area (Å²) >= 11 is 0. The summed E-state index contributed by atoms with van der Waals surface area (Å²) in [5.41, 5.74) is 0.436. The second-order valence-corrected chi connectivity index (χ2v) is 4.82. The minimum atomic E-state index is -0.927. The van der Waals surface area contributed by atoms with Gasteiger partial charge in [-0.1, -0.05) is 19.9 Å². The van der Waals surface area contributed by atoms with Gasteiger partial charge in [-0.05, 0) is 17.7 Å². The average molecular weight is 235 g/mol. The molecule has 0 unspecified atom stereocenters. The Morgan fingerprint density at radius 2 is 2.12 bits per heavy atom. The molecule has 2 rings (SSSR count). The predicted octanol–water partition coefficient (Wildman–Crippen LogP) is 3.06. The van der Waals surface area contributed by atoms with Crippen LogP contribution >= 0.6 is 0 Å². The molecular weight excluding hydrogens is 221 g/mol. The Morgan fingerprint density at radius 3 is 2.76 bits per heavy atom. The number of carbonyl (C=O) groups is 1. The van der Waals surface area contributed by atoms with E-state index in [1.165, 1.54) is 0 Å². The van der Waals surface area contributed by atoms with E-state index >= 15 is 0 Å². The highest BCUT2D eigenvalue weighted by molar-refractivity contribution is 5.81. The van der Waals surface area contributed by atoms with Crippen LogP contribution in [0.25, 0.3) is 10.9 Å². The molecule has 0 aliphatic rings. The van der Waals surface area contributed by atoms with E-state index < -0.39 is 11.4 Å². The van der Waals surface area contributed by atoms with Crippen molar-refractivity contribution in [2.24, 2.45) is 0 Å². The van der Waals surface area contributed by atoms with Crippen molar-refractivity contribution in [3.63, 3.8) is 0 Å². The first-order valence-corrected chi connectivity index (χ1v) is 5.40. The Labute approximate surface area is 98.3 Å². The van der Waals surface area contributed by atoms with Crippen LogP contribution in [0.5, 0.6) is 0 Å². The zero-order chi connectivity index (χ0) is 12.6. The summed E-state index contributed by atoms with van der Waals surface area (Å²) in [6.07, 6.45) is 1.57. The Bertz CT molecular complexity index is 572. The van der Waals surface area contributed by atoms with Crippen molar-refractivity contribution in [3.8, 4) is 0 Å². The summed E-state index contributed by atoms with van der Waals surface area (Å²) in [6, 6.07) is 5.08. The van der Waals surface area contributed by atoms with Gasteiger partial charge in [0.15, 0.2) is 0 Å². The second-order valence-electron chi connectivity index (χ2n) is 4.82. The van der Waals surface area contributed by atoms with Crippen LogP contribution < -0.4 is 0 Å². The molecule has 1 aromatic heterocycles. The maximum Gasteiger partial charge on any atom is 0.304 e. The lowest BCUT2D eigenvalue weighted by atomic mass is 9.81. The molecule has 0 atom stereocenters. The normalized spacial score (nSPS) is 11.9. The van der Waals surface area contributed by atoms with Crippen LogP contribution in [0.2, 0.25) is 0 Å². The molecule has 0 saturated heterocycles. The van der Waals surface area contributed by atoms with Gasteiger partial charge in [0, 0.05) is 22.5 Å². The molecule has 0 amide bonds. The number of aromatic amines is 1. The highest BCUT2D eigenvalue weighted by atomic mass is 19.1. The Morgan fingerprint density at radius 1 is 1.41 bits per heavy atom. The van der Waals surface area contributed by atoms with Gasteiger partial charge in [0.2, 0.25) is 0 Å². The molecule has 0 radical (unpaired) electrons. The molecule has 0 aliphatic heterocycles. The number of benzene rings is 1. The molecule has 1 aromatic carbocycles. The van der Waals surface area contributed by atoms with Crippen molar-refractivity contribution in [1.29, 1.82) is 0 Å². The molecule has 90 valence electrons. The van der Waals surface area contributed by atoms with Gasteiger partial charge < -0.3 is 10.1 Å². The quantitative estimate of drug-likeness (QED) is 0.859. The summed E-state index contributed by atoms with van der Waals surface area (Å²) in [4.78, 5) is 13.7. The van der Waals surface area contributed by atoms with Crippen LogP contribution in [0.1, 0.15) is 25.8 Å². The topological polar surface area (TPSA) is 53.1 Å². The molecule has 0 spiro atoms. The van der Waals surface area contributed by atoms with E-state index in [0.29, 0.717) is 10.9 Å². The number of carboxylic acid groups (broad SMARTS) is 1. The van der Waals surface area contributed by atoms with Gasteiger partial charge in [0.05, 0.1) is 6.42 Å². The summed E-state index contributed by atoms with van der Waals surface area (Å²) < 4.78 is 14.2. The lowest BCUT2D eigenvalue weighted by Crippen LogP contribution is -2.23. The molecule has 0 bridgehead atoms. The van der Waals surface area contributed by atoms with Crippen LogP contribution in [0, 0.1) is 5.82 Å². The molecule has 17 heavy (non-hydrogen) atoms. The zero-order valence-electron chi connectivity index (χ0n) is 9.75. The van der Waals surface area contributed by atoms with Gasteiger partial charge >= 0.3 is 5.97 Å². The predicted molar refractivity (Wildman–Crippen MR) is 63.5 cm³/mol. The largest absolute Gasteiger partial charge is 0.481 e. The number of nitrogens with one attached hydrogen (secondary N) is 1. The number of H-pyrrole nitrogens is 1. The summed E-state index contributed by atoms with van der Waals surface area (Å²) in [6.45, 7) is 3.47. The van der Waals surface area contributed by atoms with Crippen LogP contribution in [-0.4, -0.2) is 16.1 Å². The van der Waals surface area contributed by atoms with E-state index in [0.717, 1.165) is 5.52 Å². The lowest BCUT2D eigenvalue weighted by molar-refractivity contribution is -0.138. The van der Waals surface area contributed by atoms with Crippen LogP contribution in [0.15, 0.2) is 24.4 Å². The fourth-order valence-corrected chi connectivity index (χ4v) is 2.09. The number of aliphatic carboxylic acids is 1. The molecule has 3 nitrogen and oxygen atoms in total. The van der Waals surface area contributed by atoms with Crippen LogP contribution in [0.4, 0.5) is 4.39 Å². The Balaban J connectivity index is 2.54. The monoisotopic (exact) mass is 235 g/mol. The minimum absolute atomic E-state index is 0.0974.